The summed E-state index contributed by atoms with van der Waals surface area (Å²) in [6, 6.07) is 0. The molecule has 0 aliphatic carbocycles. The molecular formula is C8H10BaO6S2. The SMILES string of the molecule is C=CC=CS(=O)(=O)[O-].C=CC=CS(=O)(=O)[O-].[Ba+2]. The summed E-state index contributed by atoms with van der Waals surface area (Å²) in [6.07, 6.45) is 4.58. The third-order valence-corrected chi connectivity index (χ3v) is 1.74. The van der Waals surface area contributed by atoms with Gasteiger partial charge in [-0.3, -0.25) is 0 Å². The van der Waals surface area contributed by atoms with Crippen molar-refractivity contribution in [3.8, 4) is 0 Å². The van der Waals surface area contributed by atoms with Crippen molar-refractivity contribution in [3.63, 3.8) is 0 Å². The van der Waals surface area contributed by atoms with E-state index in [1.807, 2.05) is 0 Å². The average Bonchev–Trinajstić information content (AvgIpc) is 2.10. The fraction of sp³-hybridized carbons (Fsp3) is 0. The van der Waals surface area contributed by atoms with Gasteiger partial charge in [-0.2, -0.15) is 0 Å². The van der Waals surface area contributed by atoms with Crippen molar-refractivity contribution < 1.29 is 25.9 Å². The van der Waals surface area contributed by atoms with Crippen LogP contribution in [0.5, 0.6) is 0 Å². The van der Waals surface area contributed by atoms with Crippen molar-refractivity contribution in [2.24, 2.45) is 0 Å². The van der Waals surface area contributed by atoms with Crippen molar-refractivity contribution in [2.45, 2.75) is 0 Å². The van der Waals surface area contributed by atoms with Crippen LogP contribution in [0.3, 0.4) is 0 Å². The standard InChI is InChI=1S/2C4H6O3S.Ba/c2*1-2-3-4-8(5,6)7;/h2*2-4H,1H2,(H,5,6,7);/q;;+2/p-2. The van der Waals surface area contributed by atoms with Gasteiger partial charge in [-0.25, -0.2) is 16.8 Å². The van der Waals surface area contributed by atoms with Crippen LogP contribution < -0.4 is 0 Å². The summed E-state index contributed by atoms with van der Waals surface area (Å²) in [5, 5.41) is 1.08. The van der Waals surface area contributed by atoms with E-state index in [1.165, 1.54) is 12.2 Å². The van der Waals surface area contributed by atoms with Gasteiger partial charge in [0.15, 0.2) is 0 Å². The van der Waals surface area contributed by atoms with Crippen LogP contribution in [-0.2, 0) is 20.2 Å². The van der Waals surface area contributed by atoms with Crippen molar-refractivity contribution in [1.82, 2.24) is 0 Å². The van der Waals surface area contributed by atoms with E-state index in [1.54, 1.807) is 0 Å². The summed E-state index contributed by atoms with van der Waals surface area (Å²) in [5.74, 6) is 0. The fourth-order valence-corrected chi connectivity index (χ4v) is 0.911. The minimum absolute atomic E-state index is 0. The van der Waals surface area contributed by atoms with Gasteiger partial charge in [0.25, 0.3) is 0 Å². The van der Waals surface area contributed by atoms with Gasteiger partial charge in [0.05, 0.1) is 0 Å². The Morgan fingerprint density at radius 1 is 0.765 bits per heavy atom. The molecule has 0 bridgehead atoms. The topological polar surface area (TPSA) is 114 Å². The molecule has 9 heteroatoms. The molecule has 0 amide bonds. The van der Waals surface area contributed by atoms with Gasteiger partial charge in [0.1, 0.15) is 20.2 Å². The van der Waals surface area contributed by atoms with E-state index in [2.05, 4.69) is 13.2 Å². The molecule has 0 aliphatic heterocycles. The fourth-order valence-electron chi connectivity index (χ4n) is 0.304. The Labute approximate surface area is 141 Å². The van der Waals surface area contributed by atoms with Crippen LogP contribution in [0, 0.1) is 0 Å². The summed E-state index contributed by atoms with van der Waals surface area (Å²) in [7, 11) is -8.38. The molecule has 92 valence electrons. The van der Waals surface area contributed by atoms with E-state index >= 15 is 0 Å². The molecule has 0 aliphatic rings. The summed E-state index contributed by atoms with van der Waals surface area (Å²) >= 11 is 0. The van der Waals surface area contributed by atoms with Gasteiger partial charge in [-0.05, 0) is 0 Å². The number of allylic oxidation sites excluding steroid dienone is 4. The molecule has 0 aromatic heterocycles. The molecule has 0 rings (SSSR count). The molecule has 0 saturated carbocycles. The van der Waals surface area contributed by atoms with Gasteiger partial charge in [0, 0.05) is 10.8 Å². The number of hydrogen-bond donors (Lipinski definition) is 0. The van der Waals surface area contributed by atoms with Crippen LogP contribution >= 0.6 is 0 Å². The van der Waals surface area contributed by atoms with E-state index in [-0.39, 0.29) is 48.9 Å². The van der Waals surface area contributed by atoms with Gasteiger partial charge < -0.3 is 9.11 Å². The molecule has 0 spiro atoms. The third-order valence-electron chi connectivity index (χ3n) is 0.763. The average molecular weight is 404 g/mol. The molecule has 0 atom stereocenters. The zero-order valence-electron chi connectivity index (χ0n) is 8.85. The Kier molecular flexibility index (Phi) is 15.2. The van der Waals surface area contributed by atoms with Gasteiger partial charge in [0.2, 0.25) is 0 Å². The molecule has 0 heterocycles. The molecule has 17 heavy (non-hydrogen) atoms. The summed E-state index contributed by atoms with van der Waals surface area (Å²) in [5.41, 5.74) is 0. The van der Waals surface area contributed by atoms with E-state index in [0.29, 0.717) is 10.8 Å². The maximum absolute atomic E-state index is 9.70. The first-order chi connectivity index (χ1) is 7.12. The quantitative estimate of drug-likeness (QED) is 0.373. The monoisotopic (exact) mass is 404 g/mol. The molecule has 0 fully saturated rings. The van der Waals surface area contributed by atoms with Crippen molar-refractivity contribution in [3.05, 3.63) is 48.3 Å². The first kappa shape index (κ1) is 22.5. The molecule has 0 unspecified atom stereocenters. The first-order valence-corrected chi connectivity index (χ1v) is 6.56. The van der Waals surface area contributed by atoms with Crippen molar-refractivity contribution >= 4 is 69.1 Å². The molecule has 0 aromatic rings. The maximum atomic E-state index is 9.70. The largest absolute Gasteiger partial charge is 2.00 e. The Balaban J connectivity index is -0.000000218. The first-order valence-electron chi connectivity index (χ1n) is 3.62. The molecule has 0 N–H and O–H groups in total. The predicted octanol–water partition coefficient (Wildman–Crippen LogP) is 0.0818. The van der Waals surface area contributed by atoms with Crippen LogP contribution in [0.2, 0.25) is 0 Å². The smallest absolute Gasteiger partial charge is 0.744 e. The van der Waals surface area contributed by atoms with Crippen molar-refractivity contribution in [1.29, 1.82) is 0 Å². The molecule has 0 saturated heterocycles. The summed E-state index contributed by atoms with van der Waals surface area (Å²) in [4.78, 5) is 0. The normalized spacial score (nSPS) is 11.4. The molecular weight excluding hydrogens is 394 g/mol. The van der Waals surface area contributed by atoms with E-state index in [4.69, 9.17) is 0 Å². The molecule has 6 nitrogen and oxygen atoms in total. The minimum Gasteiger partial charge on any atom is -0.744 e. The zero-order chi connectivity index (χ0) is 13.2. The van der Waals surface area contributed by atoms with Crippen LogP contribution in [0.15, 0.2) is 48.3 Å². The minimum atomic E-state index is -4.19. The second kappa shape index (κ2) is 11.4. The number of hydrogen-bond acceptors (Lipinski definition) is 6. The summed E-state index contributed by atoms with van der Waals surface area (Å²) in [6.45, 7) is 6.35. The van der Waals surface area contributed by atoms with E-state index < -0.39 is 20.2 Å². The van der Waals surface area contributed by atoms with Crippen LogP contribution in [-0.4, -0.2) is 74.8 Å². The molecule has 0 aromatic carbocycles. The second-order valence-corrected chi connectivity index (χ2v) is 4.63. The van der Waals surface area contributed by atoms with Crippen LogP contribution in [0.1, 0.15) is 0 Å². The Bertz CT molecular complexity index is 426. The Morgan fingerprint density at radius 2 is 1.00 bits per heavy atom. The zero-order valence-corrected chi connectivity index (χ0v) is 14.9. The Morgan fingerprint density at radius 3 is 1.06 bits per heavy atom. The van der Waals surface area contributed by atoms with Gasteiger partial charge >= 0.3 is 48.9 Å². The molecule has 0 radical (unpaired) electrons. The number of rotatable bonds is 4. The third kappa shape index (κ3) is 31.4. The van der Waals surface area contributed by atoms with Crippen molar-refractivity contribution in [2.75, 3.05) is 0 Å². The predicted molar refractivity (Wildman–Crippen MR) is 63.8 cm³/mol. The van der Waals surface area contributed by atoms with Crippen LogP contribution in [0.25, 0.3) is 0 Å². The maximum Gasteiger partial charge on any atom is 2.00 e. The summed E-state index contributed by atoms with van der Waals surface area (Å²) < 4.78 is 58.2. The van der Waals surface area contributed by atoms with Gasteiger partial charge in [-0.1, -0.05) is 37.5 Å². The second-order valence-electron chi connectivity index (χ2n) is 2.11. The Hall–Kier alpha value is 0.351. The van der Waals surface area contributed by atoms with Crippen LogP contribution in [0.4, 0.5) is 0 Å². The van der Waals surface area contributed by atoms with Gasteiger partial charge in [-0.15, -0.1) is 0 Å². The van der Waals surface area contributed by atoms with E-state index in [0.717, 1.165) is 12.2 Å². The van der Waals surface area contributed by atoms with E-state index in [9.17, 15) is 25.9 Å².